The number of carbonyl (C=O) groups is 2. The number of aliphatic carboxylic acids is 1. The van der Waals surface area contributed by atoms with E-state index >= 15 is 0 Å². The van der Waals surface area contributed by atoms with Gasteiger partial charge in [0.15, 0.2) is 11.5 Å². The van der Waals surface area contributed by atoms with Crippen molar-refractivity contribution in [1.82, 2.24) is 4.90 Å². The lowest BCUT2D eigenvalue weighted by Gasteiger charge is -2.19. The summed E-state index contributed by atoms with van der Waals surface area (Å²) in [5.41, 5.74) is 0.777. The highest BCUT2D eigenvalue weighted by Gasteiger charge is 2.19. The van der Waals surface area contributed by atoms with Gasteiger partial charge in [-0.2, -0.15) is 0 Å². The number of likely N-dealkylation sites (N-methyl/N-ethyl adjacent to an activating group) is 1. The van der Waals surface area contributed by atoms with Crippen LogP contribution in [0.4, 0.5) is 0 Å². The van der Waals surface area contributed by atoms with Crippen molar-refractivity contribution in [1.29, 1.82) is 0 Å². The van der Waals surface area contributed by atoms with Gasteiger partial charge in [-0.1, -0.05) is 6.07 Å². The van der Waals surface area contributed by atoms with Crippen molar-refractivity contribution in [3.05, 3.63) is 29.8 Å². The van der Waals surface area contributed by atoms with Gasteiger partial charge in [-0.15, -0.1) is 0 Å². The number of carboxylic acids is 1. The van der Waals surface area contributed by atoms with Gasteiger partial charge in [0.1, 0.15) is 6.04 Å². The van der Waals surface area contributed by atoms with Crippen molar-refractivity contribution in [2.24, 2.45) is 0 Å². The molecule has 1 heterocycles. The molecule has 0 bridgehead atoms. The molecule has 20 heavy (non-hydrogen) atoms. The van der Waals surface area contributed by atoms with E-state index in [-0.39, 0.29) is 12.7 Å². The summed E-state index contributed by atoms with van der Waals surface area (Å²) in [4.78, 5) is 23.8. The van der Waals surface area contributed by atoms with E-state index in [0.29, 0.717) is 11.5 Å². The Morgan fingerprint density at radius 3 is 2.75 bits per heavy atom. The maximum Gasteiger partial charge on any atom is 0.326 e. The Morgan fingerprint density at radius 1 is 1.35 bits per heavy atom. The molecule has 6 heteroatoms. The van der Waals surface area contributed by atoms with Crippen LogP contribution < -0.4 is 9.47 Å². The predicted molar refractivity (Wildman–Crippen MR) is 71.5 cm³/mol. The highest BCUT2D eigenvalue weighted by atomic mass is 16.7. The standard InChI is InChI=1S/C14H15NO5/c1-9(14(17)18)15(2)13(16)6-4-10-3-5-11-12(7-10)20-8-19-11/h3-7,9H,8H2,1-2H3,(H,17,18)/b6-4-/t9-/m0/s1. The largest absolute Gasteiger partial charge is 0.480 e. The number of benzene rings is 1. The number of carboxylic acid groups (broad SMARTS) is 1. The van der Waals surface area contributed by atoms with E-state index in [1.54, 1.807) is 24.3 Å². The van der Waals surface area contributed by atoms with Crippen LogP contribution in [0.3, 0.4) is 0 Å². The molecule has 1 N–H and O–H groups in total. The van der Waals surface area contributed by atoms with Gasteiger partial charge in [-0.3, -0.25) is 4.79 Å². The van der Waals surface area contributed by atoms with Crippen LogP contribution in [0.1, 0.15) is 12.5 Å². The van der Waals surface area contributed by atoms with Crippen molar-refractivity contribution >= 4 is 18.0 Å². The molecule has 0 aromatic heterocycles. The number of amides is 1. The molecule has 1 aliphatic rings. The smallest absolute Gasteiger partial charge is 0.326 e. The minimum absolute atomic E-state index is 0.195. The quantitative estimate of drug-likeness (QED) is 0.841. The maximum atomic E-state index is 11.8. The highest BCUT2D eigenvalue weighted by Crippen LogP contribution is 2.32. The number of hydrogen-bond donors (Lipinski definition) is 1. The van der Waals surface area contributed by atoms with Crippen LogP contribution in [0, 0.1) is 0 Å². The number of fused-ring (bicyclic) bond motifs is 1. The summed E-state index contributed by atoms with van der Waals surface area (Å²) in [7, 11) is 1.45. The van der Waals surface area contributed by atoms with E-state index in [1.807, 2.05) is 0 Å². The molecule has 1 aromatic carbocycles. The molecule has 0 radical (unpaired) electrons. The van der Waals surface area contributed by atoms with Crippen LogP contribution >= 0.6 is 0 Å². The molecular weight excluding hydrogens is 262 g/mol. The average Bonchev–Trinajstić information content (AvgIpc) is 2.90. The molecule has 106 valence electrons. The Labute approximate surface area is 116 Å². The Balaban J connectivity index is 2.05. The molecule has 1 aromatic rings. The van der Waals surface area contributed by atoms with Gasteiger partial charge in [0.2, 0.25) is 12.7 Å². The van der Waals surface area contributed by atoms with E-state index in [1.165, 1.54) is 20.0 Å². The third kappa shape index (κ3) is 2.90. The van der Waals surface area contributed by atoms with Gasteiger partial charge in [0.25, 0.3) is 0 Å². The van der Waals surface area contributed by atoms with Crippen LogP contribution in [0.15, 0.2) is 24.3 Å². The summed E-state index contributed by atoms with van der Waals surface area (Å²) in [6, 6.07) is 4.43. The second-order valence-corrected chi connectivity index (χ2v) is 4.41. The minimum Gasteiger partial charge on any atom is -0.480 e. The fourth-order valence-corrected chi connectivity index (χ4v) is 1.66. The summed E-state index contributed by atoms with van der Waals surface area (Å²) in [6.07, 6.45) is 2.94. The summed E-state index contributed by atoms with van der Waals surface area (Å²) in [6.45, 7) is 1.65. The SMILES string of the molecule is C[C@@H](C(=O)O)N(C)C(=O)/C=C\c1ccc2c(c1)OCO2. The summed E-state index contributed by atoms with van der Waals surface area (Å²) >= 11 is 0. The lowest BCUT2D eigenvalue weighted by atomic mass is 10.2. The topological polar surface area (TPSA) is 76.1 Å². The normalized spacial score (nSPS) is 14.3. The Morgan fingerprint density at radius 2 is 2.05 bits per heavy atom. The number of hydrogen-bond acceptors (Lipinski definition) is 4. The first-order chi connectivity index (χ1) is 9.49. The average molecular weight is 277 g/mol. The molecule has 0 spiro atoms. The molecule has 1 atom stereocenters. The monoisotopic (exact) mass is 277 g/mol. The van der Waals surface area contributed by atoms with Gasteiger partial charge in [0, 0.05) is 13.1 Å². The first kappa shape index (κ1) is 13.9. The zero-order valence-corrected chi connectivity index (χ0v) is 11.2. The Bertz CT molecular complexity index is 567. The summed E-state index contributed by atoms with van der Waals surface area (Å²) in [5, 5.41) is 8.84. The van der Waals surface area contributed by atoms with Crippen molar-refractivity contribution in [2.75, 3.05) is 13.8 Å². The van der Waals surface area contributed by atoms with Gasteiger partial charge in [-0.25, -0.2) is 4.79 Å². The maximum absolute atomic E-state index is 11.8. The van der Waals surface area contributed by atoms with Crippen LogP contribution in [0.5, 0.6) is 11.5 Å². The first-order valence-corrected chi connectivity index (χ1v) is 6.06. The minimum atomic E-state index is -1.04. The fraction of sp³-hybridized carbons (Fsp3) is 0.286. The van der Waals surface area contributed by atoms with Crippen LogP contribution in [0.25, 0.3) is 6.08 Å². The first-order valence-electron chi connectivity index (χ1n) is 6.06. The summed E-state index contributed by atoms with van der Waals surface area (Å²) < 4.78 is 10.4. The predicted octanol–water partition coefficient (Wildman–Crippen LogP) is 1.36. The van der Waals surface area contributed by atoms with Crippen molar-refractivity contribution in [2.45, 2.75) is 13.0 Å². The van der Waals surface area contributed by atoms with E-state index in [4.69, 9.17) is 14.6 Å². The van der Waals surface area contributed by atoms with Crippen LogP contribution in [0.2, 0.25) is 0 Å². The van der Waals surface area contributed by atoms with Crippen molar-refractivity contribution in [3.8, 4) is 11.5 Å². The van der Waals surface area contributed by atoms with Crippen LogP contribution in [-0.2, 0) is 9.59 Å². The lowest BCUT2D eigenvalue weighted by Crippen LogP contribution is -2.39. The molecule has 6 nitrogen and oxygen atoms in total. The molecule has 0 aliphatic carbocycles. The van der Waals surface area contributed by atoms with Gasteiger partial charge >= 0.3 is 5.97 Å². The second kappa shape index (κ2) is 5.64. The molecule has 1 aliphatic heterocycles. The molecule has 0 fully saturated rings. The highest BCUT2D eigenvalue weighted by molar-refractivity contribution is 5.94. The lowest BCUT2D eigenvalue weighted by molar-refractivity contribution is -0.146. The molecule has 2 rings (SSSR count). The molecule has 0 saturated carbocycles. The molecule has 0 unspecified atom stereocenters. The number of carbonyl (C=O) groups excluding carboxylic acids is 1. The molecule has 1 amide bonds. The van der Waals surface area contributed by atoms with E-state index < -0.39 is 12.0 Å². The molecular formula is C14H15NO5. The van der Waals surface area contributed by atoms with E-state index in [2.05, 4.69) is 0 Å². The zero-order valence-electron chi connectivity index (χ0n) is 11.2. The summed E-state index contributed by atoms with van der Waals surface area (Å²) in [5.74, 6) is -0.119. The fourth-order valence-electron chi connectivity index (χ4n) is 1.66. The number of nitrogens with zero attached hydrogens (tertiary/aromatic N) is 1. The third-order valence-electron chi connectivity index (χ3n) is 3.10. The van der Waals surface area contributed by atoms with Gasteiger partial charge < -0.3 is 19.5 Å². The van der Waals surface area contributed by atoms with E-state index in [0.717, 1.165) is 10.5 Å². The zero-order chi connectivity index (χ0) is 14.7. The van der Waals surface area contributed by atoms with Crippen molar-refractivity contribution < 1.29 is 24.2 Å². The van der Waals surface area contributed by atoms with Crippen molar-refractivity contribution in [3.63, 3.8) is 0 Å². The third-order valence-corrected chi connectivity index (χ3v) is 3.10. The van der Waals surface area contributed by atoms with E-state index in [9.17, 15) is 9.59 Å². The van der Waals surface area contributed by atoms with Crippen LogP contribution in [-0.4, -0.2) is 41.8 Å². The second-order valence-electron chi connectivity index (χ2n) is 4.41. The van der Waals surface area contributed by atoms with Gasteiger partial charge in [-0.05, 0) is 30.7 Å². The Kier molecular flexibility index (Phi) is 3.93. The van der Waals surface area contributed by atoms with Gasteiger partial charge in [0.05, 0.1) is 0 Å². The Hall–Kier alpha value is -2.50. The number of ether oxygens (including phenoxy) is 2. The number of rotatable bonds is 4. The molecule has 0 saturated heterocycles.